The first-order valence-electron chi connectivity index (χ1n) is 10.3. The average Bonchev–Trinajstić information content (AvgIpc) is 2.61. The highest BCUT2D eigenvalue weighted by atomic mass is 31.2. The quantitative estimate of drug-likeness (QED) is 0.315. The van der Waals surface area contributed by atoms with E-state index in [9.17, 15) is 24.2 Å². The van der Waals surface area contributed by atoms with Crippen LogP contribution in [0.1, 0.15) is 61.8 Å². The Kier molecular flexibility index (Phi) is 11.7. The first kappa shape index (κ1) is 29.0. The lowest BCUT2D eigenvalue weighted by molar-refractivity contribution is -0.137. The van der Waals surface area contributed by atoms with E-state index in [1.165, 1.54) is 13.8 Å². The third-order valence-corrected chi connectivity index (χ3v) is 5.57. The van der Waals surface area contributed by atoms with Gasteiger partial charge in [-0.05, 0) is 17.3 Å². The maximum Gasteiger partial charge on any atom is 0.472 e. The molecule has 0 bridgehead atoms. The Hall–Kier alpha value is -0.990. The lowest BCUT2D eigenvalue weighted by Gasteiger charge is -2.30. The smallest absolute Gasteiger partial charge is 0.383 e. The molecule has 3 atom stereocenters. The van der Waals surface area contributed by atoms with Crippen LogP contribution in [0.25, 0.3) is 0 Å². The third kappa shape index (κ3) is 12.6. The van der Waals surface area contributed by atoms with Crippen LogP contribution in [-0.2, 0) is 23.2 Å². The highest BCUT2D eigenvalue weighted by molar-refractivity contribution is 7.47. The molecule has 4 N–H and O–H groups in total. The number of phosphoric acid groups is 1. The predicted molar refractivity (Wildman–Crippen MR) is 116 cm³/mol. The molecule has 0 aliphatic rings. The fourth-order valence-corrected chi connectivity index (χ4v) is 3.11. The van der Waals surface area contributed by atoms with E-state index in [2.05, 4.69) is 24.5 Å². The zero-order valence-corrected chi connectivity index (χ0v) is 20.5. The summed E-state index contributed by atoms with van der Waals surface area (Å²) >= 11 is 0. The lowest BCUT2D eigenvalue weighted by Crippen LogP contribution is -2.46. The summed E-state index contributed by atoms with van der Waals surface area (Å²) in [5, 5.41) is 15.6. The molecule has 0 aromatic heterocycles. The van der Waals surface area contributed by atoms with Crippen molar-refractivity contribution in [2.24, 2.45) is 22.7 Å². The molecule has 30 heavy (non-hydrogen) atoms. The van der Waals surface area contributed by atoms with E-state index in [4.69, 9.17) is 9.05 Å². The van der Waals surface area contributed by atoms with Crippen LogP contribution in [-0.4, -0.2) is 54.2 Å². The summed E-state index contributed by atoms with van der Waals surface area (Å²) in [7, 11) is -4.31. The number of amides is 2. The van der Waals surface area contributed by atoms with Crippen molar-refractivity contribution in [1.29, 1.82) is 0 Å². The summed E-state index contributed by atoms with van der Waals surface area (Å²) in [6.07, 6.45) is -1.41. The molecule has 9 nitrogen and oxygen atoms in total. The van der Waals surface area contributed by atoms with Gasteiger partial charge >= 0.3 is 7.82 Å². The van der Waals surface area contributed by atoms with Gasteiger partial charge in [-0.1, -0.05) is 55.4 Å². The normalized spacial score (nSPS) is 16.6. The summed E-state index contributed by atoms with van der Waals surface area (Å²) in [6, 6.07) is 0. The van der Waals surface area contributed by atoms with Crippen molar-refractivity contribution in [3.63, 3.8) is 0 Å². The van der Waals surface area contributed by atoms with Crippen molar-refractivity contribution < 1.29 is 33.2 Å². The molecule has 0 aromatic carbocycles. The van der Waals surface area contributed by atoms with Gasteiger partial charge in [0, 0.05) is 24.9 Å². The van der Waals surface area contributed by atoms with Gasteiger partial charge in [0.2, 0.25) is 11.8 Å². The number of hydrogen-bond donors (Lipinski definition) is 4. The molecule has 0 aromatic rings. The lowest BCUT2D eigenvalue weighted by atomic mass is 9.87. The monoisotopic (exact) mass is 452 g/mol. The molecule has 10 heteroatoms. The number of phosphoric ester groups is 1. The fraction of sp³-hybridized carbons (Fsp3) is 0.900. The largest absolute Gasteiger partial charge is 0.472 e. The minimum Gasteiger partial charge on any atom is -0.383 e. The van der Waals surface area contributed by atoms with Crippen molar-refractivity contribution >= 4 is 19.6 Å². The van der Waals surface area contributed by atoms with E-state index >= 15 is 0 Å². The first-order valence-corrected chi connectivity index (χ1v) is 11.8. The van der Waals surface area contributed by atoms with Gasteiger partial charge in [0.15, 0.2) is 0 Å². The number of carbonyl (C=O) groups is 2. The number of carbonyl (C=O) groups excluding carboxylic acids is 2. The van der Waals surface area contributed by atoms with Gasteiger partial charge in [0.05, 0.1) is 13.2 Å². The van der Waals surface area contributed by atoms with Crippen LogP contribution in [0.3, 0.4) is 0 Å². The van der Waals surface area contributed by atoms with E-state index < -0.39 is 25.2 Å². The average molecular weight is 453 g/mol. The summed E-state index contributed by atoms with van der Waals surface area (Å²) in [6.45, 7) is 15.1. The zero-order chi connectivity index (χ0) is 23.8. The van der Waals surface area contributed by atoms with Crippen LogP contribution in [0, 0.1) is 22.7 Å². The van der Waals surface area contributed by atoms with Crippen molar-refractivity contribution in [3.8, 4) is 0 Å². The molecule has 0 rings (SSSR count). The van der Waals surface area contributed by atoms with Gasteiger partial charge in [0.25, 0.3) is 0 Å². The van der Waals surface area contributed by atoms with Crippen LogP contribution < -0.4 is 10.6 Å². The number of hydrogen-bond acceptors (Lipinski definition) is 6. The molecule has 0 saturated carbocycles. The second-order valence-electron chi connectivity index (χ2n) is 10.0. The summed E-state index contributed by atoms with van der Waals surface area (Å²) in [5.41, 5.74) is -1.47. The molecule has 0 fully saturated rings. The van der Waals surface area contributed by atoms with E-state index in [0.29, 0.717) is 18.4 Å². The highest BCUT2D eigenvalue weighted by Gasteiger charge is 2.37. The zero-order valence-electron chi connectivity index (χ0n) is 19.7. The fourth-order valence-electron chi connectivity index (χ4n) is 1.99. The molecule has 0 spiro atoms. The Morgan fingerprint density at radius 3 is 2.03 bits per heavy atom. The van der Waals surface area contributed by atoms with Gasteiger partial charge in [-0.25, -0.2) is 4.57 Å². The van der Waals surface area contributed by atoms with Crippen molar-refractivity contribution in [2.45, 2.75) is 67.9 Å². The standard InChI is InChI=1S/C20H41N2O7P/c1-14(2)15(3)11-22-16(23)9-10-21-18(25)17(24)20(7,8)13-29-30(26,27)28-12-19(4,5)6/h14-15,17,24H,9-13H2,1-8H3,(H,21,25)(H,22,23)(H,26,27). The van der Waals surface area contributed by atoms with Crippen LogP contribution in [0.4, 0.5) is 0 Å². The number of rotatable bonds is 13. The number of aliphatic hydroxyl groups excluding tert-OH is 1. The van der Waals surface area contributed by atoms with Crippen molar-refractivity contribution in [3.05, 3.63) is 0 Å². The van der Waals surface area contributed by atoms with Gasteiger partial charge < -0.3 is 20.6 Å². The first-order chi connectivity index (χ1) is 13.5. The summed E-state index contributed by atoms with van der Waals surface area (Å²) in [5.74, 6) is -0.0637. The minimum absolute atomic E-state index is 0.0161. The minimum atomic E-state index is -4.31. The van der Waals surface area contributed by atoms with Crippen LogP contribution >= 0.6 is 7.82 Å². The van der Waals surface area contributed by atoms with Gasteiger partial charge in [-0.15, -0.1) is 0 Å². The number of aliphatic hydroxyl groups is 1. The Labute approximate surface area is 180 Å². The van der Waals surface area contributed by atoms with Crippen molar-refractivity contribution in [1.82, 2.24) is 10.6 Å². The van der Waals surface area contributed by atoms with E-state index in [1.807, 2.05) is 27.7 Å². The Morgan fingerprint density at radius 1 is 1.00 bits per heavy atom. The molecule has 0 aliphatic heterocycles. The van der Waals surface area contributed by atoms with E-state index in [0.717, 1.165) is 0 Å². The van der Waals surface area contributed by atoms with Gasteiger partial charge in [-0.3, -0.25) is 18.6 Å². The van der Waals surface area contributed by atoms with Crippen LogP contribution in [0.5, 0.6) is 0 Å². The topological polar surface area (TPSA) is 134 Å². The van der Waals surface area contributed by atoms with Crippen LogP contribution in [0.15, 0.2) is 0 Å². The maximum absolute atomic E-state index is 12.2. The molecule has 3 unspecified atom stereocenters. The maximum atomic E-state index is 12.2. The molecule has 178 valence electrons. The third-order valence-electron chi connectivity index (χ3n) is 4.66. The molecule has 2 amide bonds. The predicted octanol–water partition coefficient (Wildman–Crippen LogP) is 2.47. The van der Waals surface area contributed by atoms with E-state index in [1.54, 1.807) is 0 Å². The summed E-state index contributed by atoms with van der Waals surface area (Å²) in [4.78, 5) is 33.8. The van der Waals surface area contributed by atoms with Gasteiger partial charge in [-0.2, -0.15) is 0 Å². The molecule has 0 radical (unpaired) electrons. The van der Waals surface area contributed by atoms with E-state index in [-0.39, 0.29) is 37.5 Å². The highest BCUT2D eigenvalue weighted by Crippen LogP contribution is 2.46. The molecule has 0 heterocycles. The van der Waals surface area contributed by atoms with Gasteiger partial charge in [0.1, 0.15) is 6.10 Å². The molecule has 0 saturated heterocycles. The molecule has 0 aliphatic carbocycles. The second-order valence-corrected chi connectivity index (χ2v) is 11.5. The SMILES string of the molecule is CC(C)C(C)CNC(=O)CCNC(=O)C(O)C(C)(C)COP(=O)(O)OCC(C)(C)C. The molecular weight excluding hydrogens is 411 g/mol. The number of nitrogens with one attached hydrogen (secondary N) is 2. The second kappa shape index (κ2) is 12.2. The Bertz CT molecular complexity index is 602. The summed E-state index contributed by atoms with van der Waals surface area (Å²) < 4.78 is 21.9. The Morgan fingerprint density at radius 2 is 1.53 bits per heavy atom. The van der Waals surface area contributed by atoms with Crippen LogP contribution in [0.2, 0.25) is 0 Å². The van der Waals surface area contributed by atoms with Crippen molar-refractivity contribution in [2.75, 3.05) is 26.3 Å². The molecular formula is C20H41N2O7P. The Balaban J connectivity index is 4.43.